The third kappa shape index (κ3) is 6.40. The number of hydrogen-bond donors (Lipinski definition) is 3. The lowest BCUT2D eigenvalue weighted by Gasteiger charge is -2.12. The Morgan fingerprint density at radius 3 is 2.36 bits per heavy atom. The molecule has 9 nitrogen and oxygen atoms in total. The van der Waals surface area contributed by atoms with Crippen molar-refractivity contribution in [3.63, 3.8) is 0 Å². The number of carbonyl (C=O) groups is 3. The van der Waals surface area contributed by atoms with Crippen LogP contribution in [0.4, 0.5) is 11.4 Å². The molecule has 10 heteroatoms. The van der Waals surface area contributed by atoms with Crippen molar-refractivity contribution < 1.29 is 19.3 Å². The Morgan fingerprint density at radius 2 is 1.67 bits per heavy atom. The number of anilines is 1. The summed E-state index contributed by atoms with van der Waals surface area (Å²) in [5.74, 6) is -1.72. The van der Waals surface area contributed by atoms with Crippen molar-refractivity contribution in [2.45, 2.75) is 11.4 Å². The molecule has 0 saturated carbocycles. The van der Waals surface area contributed by atoms with E-state index in [0.29, 0.717) is 17.8 Å². The van der Waals surface area contributed by atoms with Crippen molar-refractivity contribution in [1.29, 1.82) is 0 Å². The second kappa shape index (κ2) is 10.9. The van der Waals surface area contributed by atoms with Gasteiger partial charge in [-0.2, -0.15) is 0 Å². The van der Waals surface area contributed by atoms with E-state index in [9.17, 15) is 24.5 Å². The van der Waals surface area contributed by atoms with Crippen LogP contribution in [-0.2, 0) is 11.3 Å². The predicted molar refractivity (Wildman–Crippen MR) is 125 cm³/mol. The van der Waals surface area contributed by atoms with E-state index in [2.05, 4.69) is 10.6 Å². The van der Waals surface area contributed by atoms with Crippen molar-refractivity contribution in [2.75, 3.05) is 11.1 Å². The fraction of sp³-hybridized carbons (Fsp3) is 0.0870. The first-order chi connectivity index (χ1) is 15.8. The summed E-state index contributed by atoms with van der Waals surface area (Å²) in [6, 6.07) is 19.8. The van der Waals surface area contributed by atoms with Crippen LogP contribution in [-0.4, -0.2) is 28.4 Å². The second-order valence-electron chi connectivity index (χ2n) is 6.85. The number of nitro benzene ring substituents is 1. The van der Waals surface area contributed by atoms with Crippen LogP contribution in [0.3, 0.4) is 0 Å². The number of rotatable bonds is 9. The maximum Gasteiger partial charge on any atom is 0.283 e. The summed E-state index contributed by atoms with van der Waals surface area (Å²) in [4.78, 5) is 47.3. The molecule has 0 unspecified atom stereocenters. The molecule has 3 aromatic carbocycles. The molecule has 0 atom stereocenters. The molecule has 0 heterocycles. The van der Waals surface area contributed by atoms with Gasteiger partial charge < -0.3 is 16.4 Å². The third-order valence-corrected chi connectivity index (χ3v) is 5.60. The van der Waals surface area contributed by atoms with Crippen LogP contribution in [0.5, 0.6) is 0 Å². The summed E-state index contributed by atoms with van der Waals surface area (Å²) in [5.41, 5.74) is 6.42. The molecule has 0 spiro atoms. The highest BCUT2D eigenvalue weighted by atomic mass is 32.2. The number of hydrogen-bond acceptors (Lipinski definition) is 6. The largest absolute Gasteiger partial charge is 0.366 e. The van der Waals surface area contributed by atoms with Crippen molar-refractivity contribution in [3.05, 3.63) is 99.6 Å². The summed E-state index contributed by atoms with van der Waals surface area (Å²) in [7, 11) is 0. The molecule has 0 aliphatic heterocycles. The molecule has 3 amide bonds. The monoisotopic (exact) mass is 464 g/mol. The Kier molecular flexibility index (Phi) is 7.77. The molecule has 0 bridgehead atoms. The van der Waals surface area contributed by atoms with Gasteiger partial charge in [0.2, 0.25) is 11.8 Å². The maximum absolute atomic E-state index is 12.6. The van der Waals surface area contributed by atoms with E-state index in [0.717, 1.165) is 23.4 Å². The smallest absolute Gasteiger partial charge is 0.283 e. The number of amides is 3. The second-order valence-corrected chi connectivity index (χ2v) is 7.87. The van der Waals surface area contributed by atoms with Gasteiger partial charge in [-0.15, -0.1) is 11.8 Å². The zero-order valence-corrected chi connectivity index (χ0v) is 18.1. The van der Waals surface area contributed by atoms with Crippen LogP contribution in [0.25, 0.3) is 0 Å². The van der Waals surface area contributed by atoms with Gasteiger partial charge in [-0.25, -0.2) is 0 Å². The molecule has 168 valence electrons. The molecular weight excluding hydrogens is 444 g/mol. The molecule has 0 aliphatic rings. The van der Waals surface area contributed by atoms with E-state index < -0.39 is 16.7 Å². The first kappa shape index (κ1) is 23.5. The van der Waals surface area contributed by atoms with E-state index in [1.165, 1.54) is 12.1 Å². The van der Waals surface area contributed by atoms with Gasteiger partial charge in [0, 0.05) is 18.2 Å². The van der Waals surface area contributed by atoms with Crippen LogP contribution in [0.15, 0.2) is 77.7 Å². The Balaban J connectivity index is 1.65. The lowest BCUT2D eigenvalue weighted by molar-refractivity contribution is -0.387. The van der Waals surface area contributed by atoms with Gasteiger partial charge in [0.1, 0.15) is 0 Å². The number of nitrogens with zero attached hydrogens (tertiary/aromatic N) is 1. The Morgan fingerprint density at radius 1 is 0.970 bits per heavy atom. The summed E-state index contributed by atoms with van der Waals surface area (Å²) in [5, 5.41) is 16.8. The molecule has 0 radical (unpaired) electrons. The predicted octanol–water partition coefficient (Wildman–Crippen LogP) is 3.35. The van der Waals surface area contributed by atoms with Gasteiger partial charge in [-0.1, -0.05) is 42.5 Å². The van der Waals surface area contributed by atoms with Crippen LogP contribution in [0.2, 0.25) is 0 Å². The standard InChI is InChI=1S/C23H20N4O5S/c24-22(29)16-10-11-20(19(12-16)27(31)32)33-14-21(28)26-18-9-5-4-8-17(18)23(30)25-13-15-6-2-1-3-7-15/h1-12H,13-14H2,(H2,24,29)(H,25,30)(H,26,28). The third-order valence-electron chi connectivity index (χ3n) is 4.54. The van der Waals surface area contributed by atoms with Gasteiger partial charge in [-0.3, -0.25) is 24.5 Å². The molecule has 0 saturated heterocycles. The van der Waals surface area contributed by atoms with Crippen molar-refractivity contribution in [3.8, 4) is 0 Å². The molecule has 0 fully saturated rings. The normalized spacial score (nSPS) is 10.3. The van der Waals surface area contributed by atoms with Gasteiger partial charge in [0.25, 0.3) is 11.6 Å². The van der Waals surface area contributed by atoms with E-state index in [1.54, 1.807) is 24.3 Å². The zero-order valence-electron chi connectivity index (χ0n) is 17.3. The highest BCUT2D eigenvalue weighted by molar-refractivity contribution is 8.00. The fourth-order valence-corrected chi connectivity index (χ4v) is 3.73. The maximum atomic E-state index is 12.6. The summed E-state index contributed by atoms with van der Waals surface area (Å²) in [6.07, 6.45) is 0. The first-order valence-electron chi connectivity index (χ1n) is 9.77. The van der Waals surface area contributed by atoms with E-state index in [1.807, 2.05) is 30.3 Å². The van der Waals surface area contributed by atoms with Gasteiger partial charge in [-0.05, 0) is 29.8 Å². The lowest BCUT2D eigenvalue weighted by atomic mass is 10.1. The lowest BCUT2D eigenvalue weighted by Crippen LogP contribution is -2.25. The molecule has 3 rings (SSSR count). The number of benzene rings is 3. The van der Waals surface area contributed by atoms with Gasteiger partial charge in [0.05, 0.1) is 26.8 Å². The van der Waals surface area contributed by atoms with Crippen molar-refractivity contribution in [2.24, 2.45) is 5.73 Å². The highest BCUT2D eigenvalue weighted by Gasteiger charge is 2.19. The molecule has 33 heavy (non-hydrogen) atoms. The Labute approximate surface area is 193 Å². The van der Waals surface area contributed by atoms with Crippen LogP contribution in [0.1, 0.15) is 26.3 Å². The van der Waals surface area contributed by atoms with Crippen LogP contribution in [0, 0.1) is 10.1 Å². The molecule has 0 aliphatic carbocycles. The number of primary amides is 1. The average molecular weight is 465 g/mol. The van der Waals surface area contributed by atoms with Crippen LogP contribution >= 0.6 is 11.8 Å². The van der Waals surface area contributed by atoms with Crippen molar-refractivity contribution >= 4 is 40.9 Å². The quantitative estimate of drug-likeness (QED) is 0.252. The minimum atomic E-state index is -0.783. The van der Waals surface area contributed by atoms with Gasteiger partial charge in [0.15, 0.2) is 0 Å². The summed E-state index contributed by atoms with van der Waals surface area (Å²) in [6.45, 7) is 0.336. The van der Waals surface area contributed by atoms with Crippen molar-refractivity contribution in [1.82, 2.24) is 5.32 Å². The summed E-state index contributed by atoms with van der Waals surface area (Å²) < 4.78 is 0. The Hall–Kier alpha value is -4.18. The first-order valence-corrected chi connectivity index (χ1v) is 10.8. The number of thioether (sulfide) groups is 1. The minimum absolute atomic E-state index is 0.00550. The number of nitrogens with one attached hydrogen (secondary N) is 2. The molecule has 0 aromatic heterocycles. The molecule has 4 N–H and O–H groups in total. The molecular formula is C23H20N4O5S. The van der Waals surface area contributed by atoms with E-state index in [4.69, 9.17) is 5.73 Å². The topological polar surface area (TPSA) is 144 Å². The minimum Gasteiger partial charge on any atom is -0.366 e. The fourth-order valence-electron chi connectivity index (χ4n) is 2.93. The van der Waals surface area contributed by atoms with E-state index >= 15 is 0 Å². The highest BCUT2D eigenvalue weighted by Crippen LogP contribution is 2.30. The zero-order chi connectivity index (χ0) is 23.8. The van der Waals surface area contributed by atoms with E-state index in [-0.39, 0.29) is 27.8 Å². The average Bonchev–Trinajstić information content (AvgIpc) is 2.82. The number of carbonyl (C=O) groups excluding carboxylic acids is 3. The van der Waals surface area contributed by atoms with Crippen LogP contribution < -0.4 is 16.4 Å². The SMILES string of the molecule is NC(=O)c1ccc(SCC(=O)Nc2ccccc2C(=O)NCc2ccccc2)c([N+](=O)[O-])c1. The number of nitro groups is 1. The Bertz CT molecular complexity index is 1200. The van der Waals surface area contributed by atoms with Gasteiger partial charge >= 0.3 is 0 Å². The summed E-state index contributed by atoms with van der Waals surface area (Å²) >= 11 is 0.939. The molecule has 3 aromatic rings. The number of nitrogens with two attached hydrogens (primary N) is 1. The number of para-hydroxylation sites is 1.